The lowest BCUT2D eigenvalue weighted by molar-refractivity contribution is -0.118. The zero-order valence-corrected chi connectivity index (χ0v) is 18.0. The summed E-state index contributed by atoms with van der Waals surface area (Å²) in [6.07, 6.45) is -0.734. The van der Waals surface area contributed by atoms with Crippen molar-refractivity contribution in [1.82, 2.24) is 9.80 Å². The van der Waals surface area contributed by atoms with Gasteiger partial charge >= 0.3 is 0 Å². The molecule has 0 aromatic heterocycles. The van der Waals surface area contributed by atoms with Crippen LogP contribution in [0, 0.1) is 5.82 Å². The standard InChI is InChI=1S/C23H30FN3O4/c1-17-13-26(15-23(29)25-20-8-4-6-10-22(20)30-2)11-12-27(17)14-18(28)16-31-21-9-5-3-7-19(21)24/h3-10,17-18,28H,11-16H2,1-2H3,(H,25,29). The second-order valence-corrected chi connectivity index (χ2v) is 7.72. The Labute approximate surface area is 182 Å². The molecule has 2 aromatic carbocycles. The molecule has 2 N–H and O–H groups in total. The van der Waals surface area contributed by atoms with E-state index >= 15 is 0 Å². The summed E-state index contributed by atoms with van der Waals surface area (Å²) in [5, 5.41) is 13.2. The van der Waals surface area contributed by atoms with Gasteiger partial charge in [-0.15, -0.1) is 0 Å². The van der Waals surface area contributed by atoms with E-state index in [9.17, 15) is 14.3 Å². The van der Waals surface area contributed by atoms with Crippen LogP contribution in [0.5, 0.6) is 11.5 Å². The van der Waals surface area contributed by atoms with E-state index in [1.807, 2.05) is 18.2 Å². The summed E-state index contributed by atoms with van der Waals surface area (Å²) in [6, 6.07) is 13.6. The molecule has 0 bridgehead atoms. The zero-order valence-electron chi connectivity index (χ0n) is 18.0. The number of carbonyl (C=O) groups is 1. The Morgan fingerprint density at radius 3 is 2.61 bits per heavy atom. The zero-order chi connectivity index (χ0) is 22.2. The Kier molecular flexibility index (Phi) is 8.22. The van der Waals surface area contributed by atoms with E-state index in [0.29, 0.717) is 31.1 Å². The molecule has 1 aliphatic rings. The number of amides is 1. The van der Waals surface area contributed by atoms with Crippen LogP contribution in [-0.2, 0) is 4.79 Å². The van der Waals surface area contributed by atoms with Crippen molar-refractivity contribution < 1.29 is 23.8 Å². The van der Waals surface area contributed by atoms with E-state index in [1.165, 1.54) is 6.07 Å². The normalized spacial score (nSPS) is 18.4. The maximum absolute atomic E-state index is 13.6. The van der Waals surface area contributed by atoms with E-state index < -0.39 is 11.9 Å². The Bertz CT molecular complexity index is 866. The third kappa shape index (κ3) is 6.65. The molecule has 1 heterocycles. The van der Waals surface area contributed by atoms with Crippen molar-refractivity contribution in [2.75, 3.05) is 51.8 Å². The van der Waals surface area contributed by atoms with Gasteiger partial charge < -0.3 is 19.9 Å². The Hall–Kier alpha value is -2.68. The van der Waals surface area contributed by atoms with E-state index in [0.717, 1.165) is 6.54 Å². The van der Waals surface area contributed by atoms with Crippen LogP contribution in [0.4, 0.5) is 10.1 Å². The number of hydrogen-bond acceptors (Lipinski definition) is 6. The minimum absolute atomic E-state index is 0.0230. The van der Waals surface area contributed by atoms with Gasteiger partial charge in [0.2, 0.25) is 5.91 Å². The van der Waals surface area contributed by atoms with Crippen LogP contribution in [0.1, 0.15) is 6.92 Å². The third-order valence-electron chi connectivity index (χ3n) is 5.31. The molecule has 2 atom stereocenters. The molecule has 0 saturated carbocycles. The number of aliphatic hydroxyl groups excluding tert-OH is 1. The summed E-state index contributed by atoms with van der Waals surface area (Å²) >= 11 is 0. The van der Waals surface area contributed by atoms with E-state index in [1.54, 1.807) is 31.4 Å². The smallest absolute Gasteiger partial charge is 0.238 e. The fraction of sp³-hybridized carbons (Fsp3) is 0.435. The molecular formula is C23H30FN3O4. The number of ether oxygens (including phenoxy) is 2. The Morgan fingerprint density at radius 2 is 1.90 bits per heavy atom. The van der Waals surface area contributed by atoms with Crippen molar-refractivity contribution in [3.8, 4) is 11.5 Å². The predicted molar refractivity (Wildman–Crippen MR) is 117 cm³/mol. The largest absolute Gasteiger partial charge is 0.495 e. The van der Waals surface area contributed by atoms with Gasteiger partial charge in [-0.25, -0.2) is 4.39 Å². The SMILES string of the molecule is COc1ccccc1NC(=O)CN1CCN(CC(O)COc2ccccc2F)C(C)C1. The first-order valence-corrected chi connectivity index (χ1v) is 10.4. The van der Waals surface area contributed by atoms with Crippen molar-refractivity contribution >= 4 is 11.6 Å². The molecule has 3 rings (SSSR count). The average molecular weight is 432 g/mol. The predicted octanol–water partition coefficient (Wildman–Crippen LogP) is 2.22. The van der Waals surface area contributed by atoms with Gasteiger partial charge in [0, 0.05) is 32.2 Å². The van der Waals surface area contributed by atoms with Crippen LogP contribution >= 0.6 is 0 Å². The van der Waals surface area contributed by atoms with Crippen molar-refractivity contribution in [1.29, 1.82) is 0 Å². The van der Waals surface area contributed by atoms with Gasteiger partial charge in [-0.1, -0.05) is 24.3 Å². The van der Waals surface area contributed by atoms with E-state index in [-0.39, 0.29) is 30.9 Å². The van der Waals surface area contributed by atoms with Gasteiger partial charge in [0.25, 0.3) is 0 Å². The van der Waals surface area contributed by atoms with Gasteiger partial charge in [-0.05, 0) is 31.2 Å². The van der Waals surface area contributed by atoms with Crippen molar-refractivity contribution in [3.63, 3.8) is 0 Å². The molecule has 7 nitrogen and oxygen atoms in total. The number of anilines is 1. The molecule has 2 aromatic rings. The summed E-state index contributed by atoms with van der Waals surface area (Å²) in [6.45, 7) is 4.95. The number of carbonyl (C=O) groups excluding carboxylic acids is 1. The number of halogens is 1. The molecule has 168 valence electrons. The van der Waals surface area contributed by atoms with Gasteiger partial charge in [0.15, 0.2) is 11.6 Å². The van der Waals surface area contributed by atoms with Crippen LogP contribution in [0.3, 0.4) is 0 Å². The van der Waals surface area contributed by atoms with Crippen LogP contribution in [0.25, 0.3) is 0 Å². The number of benzene rings is 2. The summed E-state index contributed by atoms with van der Waals surface area (Å²) in [5.41, 5.74) is 0.652. The Morgan fingerprint density at radius 1 is 1.19 bits per heavy atom. The fourth-order valence-corrected chi connectivity index (χ4v) is 3.70. The van der Waals surface area contributed by atoms with Crippen molar-refractivity contribution in [3.05, 3.63) is 54.3 Å². The second-order valence-electron chi connectivity index (χ2n) is 7.72. The first-order chi connectivity index (χ1) is 15.0. The first-order valence-electron chi connectivity index (χ1n) is 10.4. The minimum atomic E-state index is -0.734. The van der Waals surface area contributed by atoms with E-state index in [4.69, 9.17) is 9.47 Å². The molecule has 1 aliphatic heterocycles. The molecule has 1 amide bonds. The van der Waals surface area contributed by atoms with Crippen molar-refractivity contribution in [2.45, 2.75) is 19.1 Å². The lowest BCUT2D eigenvalue weighted by atomic mass is 10.1. The van der Waals surface area contributed by atoms with Crippen LogP contribution in [-0.4, -0.2) is 79.4 Å². The van der Waals surface area contributed by atoms with Crippen LogP contribution in [0.15, 0.2) is 48.5 Å². The van der Waals surface area contributed by atoms with Crippen LogP contribution < -0.4 is 14.8 Å². The monoisotopic (exact) mass is 431 g/mol. The molecule has 0 radical (unpaired) electrons. The molecular weight excluding hydrogens is 401 g/mol. The number of aliphatic hydroxyl groups is 1. The minimum Gasteiger partial charge on any atom is -0.495 e. The molecule has 1 saturated heterocycles. The molecule has 0 spiro atoms. The highest BCUT2D eigenvalue weighted by molar-refractivity contribution is 5.93. The fourth-order valence-electron chi connectivity index (χ4n) is 3.70. The topological polar surface area (TPSA) is 74.3 Å². The third-order valence-corrected chi connectivity index (χ3v) is 5.31. The highest BCUT2D eigenvalue weighted by atomic mass is 19.1. The Balaban J connectivity index is 1.42. The highest BCUT2D eigenvalue weighted by Crippen LogP contribution is 2.23. The molecule has 2 unspecified atom stereocenters. The molecule has 31 heavy (non-hydrogen) atoms. The second kappa shape index (κ2) is 11.1. The van der Waals surface area contributed by atoms with Gasteiger partial charge in [-0.3, -0.25) is 14.6 Å². The summed E-state index contributed by atoms with van der Waals surface area (Å²) < 4.78 is 24.3. The van der Waals surface area contributed by atoms with Crippen LogP contribution in [0.2, 0.25) is 0 Å². The number of nitrogens with zero attached hydrogens (tertiary/aromatic N) is 2. The lowest BCUT2D eigenvalue weighted by Gasteiger charge is -2.40. The highest BCUT2D eigenvalue weighted by Gasteiger charge is 2.26. The quantitative estimate of drug-likeness (QED) is 0.634. The molecule has 8 heteroatoms. The number of rotatable bonds is 9. The summed E-state index contributed by atoms with van der Waals surface area (Å²) in [7, 11) is 1.57. The number of hydrogen-bond donors (Lipinski definition) is 2. The number of β-amino-alcohol motifs (C(OH)–C–C–N with tert-alkyl or cyclic N) is 1. The van der Waals surface area contributed by atoms with Crippen molar-refractivity contribution in [2.24, 2.45) is 0 Å². The maximum atomic E-state index is 13.6. The van der Waals surface area contributed by atoms with E-state index in [2.05, 4.69) is 22.0 Å². The average Bonchev–Trinajstić information content (AvgIpc) is 2.75. The lowest BCUT2D eigenvalue weighted by Crippen LogP contribution is -2.55. The first kappa shape index (κ1) is 23.0. The number of piperazine rings is 1. The number of methoxy groups -OCH3 is 1. The molecule has 0 aliphatic carbocycles. The summed E-state index contributed by atoms with van der Waals surface area (Å²) in [4.78, 5) is 16.7. The number of para-hydroxylation sites is 3. The number of nitrogens with one attached hydrogen (secondary N) is 1. The van der Waals surface area contributed by atoms with Gasteiger partial charge in [0.1, 0.15) is 18.5 Å². The maximum Gasteiger partial charge on any atom is 0.238 e. The summed E-state index contributed by atoms with van der Waals surface area (Å²) in [5.74, 6) is 0.229. The molecule has 1 fully saturated rings. The van der Waals surface area contributed by atoms with Gasteiger partial charge in [0.05, 0.1) is 19.3 Å². The van der Waals surface area contributed by atoms with Gasteiger partial charge in [-0.2, -0.15) is 0 Å².